The summed E-state index contributed by atoms with van der Waals surface area (Å²) in [7, 11) is -1.69. The summed E-state index contributed by atoms with van der Waals surface area (Å²) in [6.45, 7) is 16.0. The van der Waals surface area contributed by atoms with Crippen LogP contribution in [0.1, 0.15) is 79.1 Å². The van der Waals surface area contributed by atoms with E-state index in [0.717, 1.165) is 44.1 Å². The molecule has 0 aromatic carbocycles. The van der Waals surface area contributed by atoms with Gasteiger partial charge in [0.05, 0.1) is 17.3 Å². The minimum atomic E-state index is -1.69. The lowest BCUT2D eigenvalue weighted by Crippen LogP contribution is -2.41. The maximum absolute atomic E-state index is 12.7. The Kier molecular flexibility index (Phi) is 12.4. The van der Waals surface area contributed by atoms with Gasteiger partial charge < -0.3 is 14.5 Å². The number of nitrogens with zero attached hydrogens (tertiary/aromatic N) is 1. The molecule has 6 nitrogen and oxygen atoms in total. The molecule has 1 amide bonds. The third-order valence-electron chi connectivity index (χ3n) is 6.47. The number of rotatable bonds is 17. The highest BCUT2D eigenvalue weighted by Gasteiger charge is 2.39. The van der Waals surface area contributed by atoms with Crippen molar-refractivity contribution < 1.29 is 18.8 Å². The number of carbonyl (C=O) groups excluding carboxylic acids is 2. The Bertz CT molecular complexity index is 788. The molecule has 1 N–H and O–H groups in total. The molecule has 1 fully saturated rings. The first-order valence-corrected chi connectivity index (χ1v) is 18.8. The molecule has 2 rings (SSSR count). The first-order chi connectivity index (χ1) is 17.0. The highest BCUT2D eigenvalue weighted by Crippen LogP contribution is 2.44. The van der Waals surface area contributed by atoms with Crippen molar-refractivity contribution in [1.82, 2.24) is 10.2 Å². The Balaban J connectivity index is 2.01. The number of carbonyl (C=O) groups is 2. The maximum atomic E-state index is 12.7. The van der Waals surface area contributed by atoms with Gasteiger partial charge in [0.2, 0.25) is 0 Å². The molecule has 4 atom stereocenters. The summed E-state index contributed by atoms with van der Waals surface area (Å²) in [5.74, 6) is 0.767. The van der Waals surface area contributed by atoms with E-state index in [1.54, 1.807) is 23.5 Å². The highest BCUT2D eigenvalue weighted by molar-refractivity contribution is 8.19. The molecule has 2 unspecified atom stereocenters. The fourth-order valence-corrected chi connectivity index (χ4v) is 9.09. The van der Waals surface area contributed by atoms with Crippen LogP contribution in [0.4, 0.5) is 4.79 Å². The summed E-state index contributed by atoms with van der Waals surface area (Å²) in [6.07, 6.45) is 13.4. The summed E-state index contributed by atoms with van der Waals surface area (Å²) in [5.41, 5.74) is 0.463. The molecule has 2 aliphatic heterocycles. The van der Waals surface area contributed by atoms with Crippen molar-refractivity contribution in [2.24, 2.45) is 0 Å². The van der Waals surface area contributed by atoms with Gasteiger partial charge in [-0.2, -0.15) is 0 Å². The topological polar surface area (TPSA) is 67.9 Å². The van der Waals surface area contributed by atoms with Crippen LogP contribution in [0.15, 0.2) is 23.3 Å². The quantitative estimate of drug-likeness (QED) is 0.0873. The van der Waals surface area contributed by atoms with Crippen molar-refractivity contribution >= 4 is 44.2 Å². The number of ether oxygens (including phenoxy) is 1. The second-order valence-corrected chi connectivity index (χ2v) is 18.4. The minimum Gasteiger partial charge on any atom is -0.444 e. The number of hydrogen-bond donors (Lipinski definition) is 1. The number of amides is 1. The third-order valence-corrected chi connectivity index (χ3v) is 10.4. The molecule has 2 aliphatic rings. The van der Waals surface area contributed by atoms with Crippen LogP contribution in [-0.2, 0) is 14.0 Å². The van der Waals surface area contributed by atoms with E-state index in [1.165, 1.54) is 19.3 Å². The first kappa shape index (κ1) is 31.3. The highest BCUT2D eigenvalue weighted by atomic mass is 32.2. The molecule has 0 saturated carbocycles. The van der Waals surface area contributed by atoms with Gasteiger partial charge >= 0.3 is 6.09 Å². The average Bonchev–Trinajstić information content (AvgIpc) is 3.32. The Hall–Kier alpha value is -0.903. The zero-order valence-electron chi connectivity index (χ0n) is 23.4. The van der Waals surface area contributed by atoms with Gasteiger partial charge in [0.25, 0.3) is 0 Å². The van der Waals surface area contributed by atoms with Crippen LogP contribution in [0.2, 0.25) is 19.6 Å². The number of allylic oxidation sites excluding steroid dienone is 1. The van der Waals surface area contributed by atoms with Crippen molar-refractivity contribution in [3.8, 4) is 0 Å². The summed E-state index contributed by atoms with van der Waals surface area (Å²) in [5, 5.41) is 5.31. The van der Waals surface area contributed by atoms with E-state index in [4.69, 9.17) is 9.16 Å². The molecule has 9 heteroatoms. The summed E-state index contributed by atoms with van der Waals surface area (Å²) >= 11 is 3.46. The van der Waals surface area contributed by atoms with Crippen molar-refractivity contribution in [2.45, 2.75) is 121 Å². The SMILES string of the molecule is CCCCCC(C)(C/C=C/[C@H]1[C@H](C)OC(=O)N1CCSC1(CCCC)NC(C=O)=CS1)O[Si](C)(C)C. The Morgan fingerprint density at radius 1 is 1.28 bits per heavy atom. The molecular weight excluding hydrogens is 509 g/mol. The van der Waals surface area contributed by atoms with Crippen LogP contribution in [-0.4, -0.2) is 59.8 Å². The molecular formula is C27H48N2O4S2Si. The Morgan fingerprint density at radius 3 is 2.61 bits per heavy atom. The molecule has 0 radical (unpaired) electrons. The van der Waals surface area contributed by atoms with Crippen LogP contribution >= 0.6 is 23.5 Å². The lowest BCUT2D eigenvalue weighted by atomic mass is 9.94. The van der Waals surface area contributed by atoms with Gasteiger partial charge in [0.1, 0.15) is 10.3 Å². The van der Waals surface area contributed by atoms with E-state index in [-0.39, 0.29) is 28.0 Å². The minimum absolute atomic E-state index is 0.0793. The Labute approximate surface area is 228 Å². The predicted octanol–water partition coefficient (Wildman–Crippen LogP) is 7.29. The smallest absolute Gasteiger partial charge is 0.410 e. The first-order valence-electron chi connectivity index (χ1n) is 13.6. The number of hydrogen-bond acceptors (Lipinski definition) is 7. The molecule has 2 heterocycles. The standard InChI is InChI=1S/C27H48N2O4S2Si/c1-8-10-12-15-26(4,33-36(5,6)7)16-13-14-24-22(3)32-25(31)29(24)18-19-34-27(17-11-9-2)28-23(20-30)21-35-27/h13-14,20-22,24,28H,8-12,15-19H2,1-7H3/b14-13+/t22-,24-,26?,27?/m0/s1. The van der Waals surface area contributed by atoms with Crippen LogP contribution in [0.3, 0.4) is 0 Å². The molecule has 206 valence electrons. The molecule has 0 spiro atoms. The molecule has 36 heavy (non-hydrogen) atoms. The van der Waals surface area contributed by atoms with E-state index in [2.05, 4.69) is 57.9 Å². The number of aldehydes is 1. The van der Waals surface area contributed by atoms with Crippen LogP contribution in [0.25, 0.3) is 0 Å². The lowest BCUT2D eigenvalue weighted by Gasteiger charge is -2.36. The molecule has 0 bridgehead atoms. The number of cyclic esters (lactones) is 1. The number of thioether (sulfide) groups is 2. The van der Waals surface area contributed by atoms with Gasteiger partial charge in [-0.3, -0.25) is 9.69 Å². The maximum Gasteiger partial charge on any atom is 0.410 e. The zero-order chi connectivity index (χ0) is 26.8. The predicted molar refractivity (Wildman–Crippen MR) is 157 cm³/mol. The van der Waals surface area contributed by atoms with Crippen molar-refractivity contribution in [3.05, 3.63) is 23.3 Å². The van der Waals surface area contributed by atoms with Crippen molar-refractivity contribution in [2.75, 3.05) is 12.3 Å². The third kappa shape index (κ3) is 9.76. The van der Waals surface area contributed by atoms with Gasteiger partial charge in [0, 0.05) is 17.7 Å². The van der Waals surface area contributed by atoms with Crippen molar-refractivity contribution in [3.63, 3.8) is 0 Å². The van der Waals surface area contributed by atoms with E-state index in [1.807, 2.05) is 17.2 Å². The van der Waals surface area contributed by atoms with Gasteiger partial charge in [-0.15, -0.1) is 11.8 Å². The summed E-state index contributed by atoms with van der Waals surface area (Å²) in [4.78, 5) is 25.8. The summed E-state index contributed by atoms with van der Waals surface area (Å²) < 4.78 is 12.0. The average molecular weight is 557 g/mol. The second kappa shape index (κ2) is 14.3. The number of unbranched alkanes of at least 4 members (excludes halogenated alkanes) is 3. The van der Waals surface area contributed by atoms with E-state index < -0.39 is 8.32 Å². The largest absolute Gasteiger partial charge is 0.444 e. The normalized spacial score (nSPS) is 26.1. The molecule has 0 aromatic rings. The van der Waals surface area contributed by atoms with Crippen molar-refractivity contribution in [1.29, 1.82) is 0 Å². The Morgan fingerprint density at radius 2 is 2.00 bits per heavy atom. The molecule has 1 saturated heterocycles. The molecule has 0 aliphatic carbocycles. The van der Waals surface area contributed by atoms with Gasteiger partial charge in [0.15, 0.2) is 14.6 Å². The van der Waals surface area contributed by atoms with Crippen LogP contribution in [0.5, 0.6) is 0 Å². The lowest BCUT2D eigenvalue weighted by molar-refractivity contribution is -0.105. The van der Waals surface area contributed by atoms with E-state index in [0.29, 0.717) is 12.2 Å². The number of nitrogens with one attached hydrogen (secondary N) is 1. The second-order valence-electron chi connectivity index (χ2n) is 11.2. The fraction of sp³-hybridized carbons (Fsp3) is 0.778. The molecule has 0 aromatic heterocycles. The van der Waals surface area contributed by atoms with E-state index >= 15 is 0 Å². The fourth-order valence-electron chi connectivity index (χ4n) is 4.79. The van der Waals surface area contributed by atoms with Gasteiger partial charge in [-0.05, 0) is 59.2 Å². The van der Waals surface area contributed by atoms with E-state index in [9.17, 15) is 9.59 Å². The van der Waals surface area contributed by atoms with Gasteiger partial charge in [-0.25, -0.2) is 4.79 Å². The summed E-state index contributed by atoms with van der Waals surface area (Å²) in [6, 6.07) is -0.0793. The van der Waals surface area contributed by atoms with Crippen LogP contribution in [0, 0.1) is 0 Å². The zero-order valence-corrected chi connectivity index (χ0v) is 26.1. The monoisotopic (exact) mass is 556 g/mol. The van der Waals surface area contributed by atoms with Crippen LogP contribution < -0.4 is 5.32 Å². The van der Waals surface area contributed by atoms with Gasteiger partial charge in [-0.1, -0.05) is 63.4 Å².